The molecule has 0 bridgehead atoms. The Hall–Kier alpha value is -1.99. The molecular weight excluding hydrogens is 328 g/mol. The molecule has 0 aliphatic carbocycles. The zero-order valence-corrected chi connectivity index (χ0v) is 15.5. The second-order valence-corrected chi connectivity index (χ2v) is 5.10. The van der Waals surface area contributed by atoms with E-state index in [0.717, 1.165) is 19.4 Å². The number of hydrogen-bond acceptors (Lipinski definition) is 7. The van der Waals surface area contributed by atoms with Gasteiger partial charge < -0.3 is 28.4 Å². The van der Waals surface area contributed by atoms with Crippen LogP contribution in [0.2, 0.25) is 0 Å². The fourth-order valence-corrected chi connectivity index (χ4v) is 2.10. The molecule has 0 aromatic heterocycles. The van der Waals surface area contributed by atoms with Gasteiger partial charge in [0.25, 0.3) is 0 Å². The minimum atomic E-state index is -0.513. The summed E-state index contributed by atoms with van der Waals surface area (Å²) in [6.07, 6.45) is 2.15. The van der Waals surface area contributed by atoms with Crippen LogP contribution < -0.4 is 14.2 Å². The number of carbonyl (C=O) groups is 1. The summed E-state index contributed by atoms with van der Waals surface area (Å²) in [6.45, 7) is 4.32. The van der Waals surface area contributed by atoms with Gasteiger partial charge in [-0.1, -0.05) is 13.3 Å². The number of ether oxygens (including phenoxy) is 6. The zero-order chi connectivity index (χ0) is 18.5. The molecule has 0 aliphatic heterocycles. The monoisotopic (exact) mass is 356 g/mol. The number of esters is 1. The van der Waals surface area contributed by atoms with Gasteiger partial charge >= 0.3 is 5.97 Å². The smallest absolute Gasteiger partial charge is 0.342 e. The SMILES string of the molecule is CCCCOCCOCCOC(=O)c1ccc(OC)c(OC)c1OC. The highest BCUT2D eigenvalue weighted by Crippen LogP contribution is 2.39. The normalized spacial score (nSPS) is 10.4. The molecule has 1 rings (SSSR count). The summed E-state index contributed by atoms with van der Waals surface area (Å²) in [6, 6.07) is 3.20. The molecule has 142 valence electrons. The summed E-state index contributed by atoms with van der Waals surface area (Å²) in [4.78, 5) is 12.2. The van der Waals surface area contributed by atoms with Crippen molar-refractivity contribution < 1.29 is 33.2 Å². The average molecular weight is 356 g/mol. The van der Waals surface area contributed by atoms with E-state index < -0.39 is 5.97 Å². The number of carbonyl (C=O) groups excluding carboxylic acids is 1. The van der Waals surface area contributed by atoms with Crippen molar-refractivity contribution in [3.63, 3.8) is 0 Å². The predicted octanol–water partition coefficient (Wildman–Crippen LogP) is 2.70. The Morgan fingerprint density at radius 3 is 2.08 bits per heavy atom. The maximum atomic E-state index is 12.2. The molecule has 0 saturated carbocycles. The van der Waals surface area contributed by atoms with Crippen molar-refractivity contribution in [2.45, 2.75) is 19.8 Å². The van der Waals surface area contributed by atoms with Gasteiger partial charge in [-0.25, -0.2) is 4.79 Å². The number of hydrogen-bond donors (Lipinski definition) is 0. The molecule has 7 nitrogen and oxygen atoms in total. The predicted molar refractivity (Wildman–Crippen MR) is 92.9 cm³/mol. The van der Waals surface area contributed by atoms with E-state index in [-0.39, 0.29) is 17.9 Å². The molecule has 0 unspecified atom stereocenters. The summed E-state index contributed by atoms with van der Waals surface area (Å²) in [7, 11) is 4.44. The molecular formula is C18H28O7. The lowest BCUT2D eigenvalue weighted by Gasteiger charge is -2.15. The zero-order valence-electron chi connectivity index (χ0n) is 15.5. The van der Waals surface area contributed by atoms with Crippen LogP contribution >= 0.6 is 0 Å². The third kappa shape index (κ3) is 6.80. The summed E-state index contributed by atoms with van der Waals surface area (Å²) in [5.41, 5.74) is 0.267. The van der Waals surface area contributed by atoms with Gasteiger partial charge in [-0.2, -0.15) is 0 Å². The van der Waals surface area contributed by atoms with Crippen LogP contribution in [0.5, 0.6) is 17.2 Å². The fourth-order valence-electron chi connectivity index (χ4n) is 2.10. The molecule has 0 saturated heterocycles. The van der Waals surface area contributed by atoms with Crippen molar-refractivity contribution in [1.82, 2.24) is 0 Å². The lowest BCUT2D eigenvalue weighted by atomic mass is 10.1. The number of unbranched alkanes of at least 4 members (excludes halogenated alkanes) is 1. The summed E-state index contributed by atoms with van der Waals surface area (Å²) < 4.78 is 31.6. The third-order valence-corrected chi connectivity index (χ3v) is 3.40. The van der Waals surface area contributed by atoms with Crippen LogP contribution in [-0.4, -0.2) is 60.3 Å². The maximum Gasteiger partial charge on any atom is 0.342 e. The Labute approximate surface area is 149 Å². The quantitative estimate of drug-likeness (QED) is 0.397. The van der Waals surface area contributed by atoms with Gasteiger partial charge in [0.2, 0.25) is 5.75 Å². The Balaban J connectivity index is 2.42. The molecule has 0 radical (unpaired) electrons. The van der Waals surface area contributed by atoms with Gasteiger partial charge in [0.05, 0.1) is 41.2 Å². The van der Waals surface area contributed by atoms with Crippen molar-refractivity contribution in [2.24, 2.45) is 0 Å². The molecule has 0 amide bonds. The maximum absolute atomic E-state index is 12.2. The number of rotatable bonds is 13. The first-order chi connectivity index (χ1) is 12.2. The summed E-state index contributed by atoms with van der Waals surface area (Å²) in [5, 5.41) is 0. The van der Waals surface area contributed by atoms with Crippen molar-refractivity contribution in [2.75, 3.05) is 54.4 Å². The second kappa shape index (κ2) is 12.4. The van der Waals surface area contributed by atoms with E-state index in [9.17, 15) is 4.79 Å². The second-order valence-electron chi connectivity index (χ2n) is 5.10. The summed E-state index contributed by atoms with van der Waals surface area (Å²) in [5.74, 6) is 0.583. The van der Waals surface area contributed by atoms with Gasteiger partial charge in [-0.15, -0.1) is 0 Å². The fraction of sp³-hybridized carbons (Fsp3) is 0.611. The van der Waals surface area contributed by atoms with Gasteiger partial charge in [0, 0.05) is 6.61 Å². The van der Waals surface area contributed by atoms with Crippen LogP contribution in [0.4, 0.5) is 0 Å². The Morgan fingerprint density at radius 1 is 0.840 bits per heavy atom. The Bertz CT molecular complexity index is 516. The van der Waals surface area contributed by atoms with E-state index in [1.165, 1.54) is 21.3 Å². The van der Waals surface area contributed by atoms with Crippen LogP contribution in [0.3, 0.4) is 0 Å². The number of methoxy groups -OCH3 is 3. The highest BCUT2D eigenvalue weighted by Gasteiger charge is 2.21. The average Bonchev–Trinajstić information content (AvgIpc) is 2.64. The third-order valence-electron chi connectivity index (χ3n) is 3.40. The molecule has 0 spiro atoms. The standard InChI is InChI=1S/C18H28O7/c1-5-6-9-23-10-11-24-12-13-25-18(19)14-7-8-15(20-2)17(22-4)16(14)21-3/h7-8H,5-6,9-13H2,1-4H3. The van der Waals surface area contributed by atoms with Gasteiger partial charge in [0.1, 0.15) is 12.2 Å². The van der Waals surface area contributed by atoms with E-state index in [4.69, 9.17) is 28.4 Å². The van der Waals surface area contributed by atoms with Crippen molar-refractivity contribution in [1.29, 1.82) is 0 Å². The van der Waals surface area contributed by atoms with Crippen molar-refractivity contribution in [3.05, 3.63) is 17.7 Å². The molecule has 0 fully saturated rings. The highest BCUT2D eigenvalue weighted by molar-refractivity contribution is 5.94. The lowest BCUT2D eigenvalue weighted by Crippen LogP contribution is -2.14. The largest absolute Gasteiger partial charge is 0.493 e. The lowest BCUT2D eigenvalue weighted by molar-refractivity contribution is 0.0141. The first-order valence-corrected chi connectivity index (χ1v) is 8.31. The van der Waals surface area contributed by atoms with E-state index in [1.807, 2.05) is 0 Å². The van der Waals surface area contributed by atoms with Crippen molar-refractivity contribution >= 4 is 5.97 Å². The minimum Gasteiger partial charge on any atom is -0.493 e. The van der Waals surface area contributed by atoms with Gasteiger partial charge in [-0.05, 0) is 18.6 Å². The first kappa shape index (κ1) is 21.1. The van der Waals surface area contributed by atoms with Crippen LogP contribution in [0.15, 0.2) is 12.1 Å². The topological polar surface area (TPSA) is 72.5 Å². The molecule has 0 atom stereocenters. The van der Waals surface area contributed by atoms with Crippen molar-refractivity contribution in [3.8, 4) is 17.2 Å². The molecule has 0 heterocycles. The van der Waals surface area contributed by atoms with Gasteiger partial charge in [0.15, 0.2) is 11.5 Å². The van der Waals surface area contributed by atoms with E-state index >= 15 is 0 Å². The molecule has 1 aromatic carbocycles. The van der Waals surface area contributed by atoms with Crippen LogP contribution in [0.1, 0.15) is 30.1 Å². The van der Waals surface area contributed by atoms with E-state index in [1.54, 1.807) is 12.1 Å². The van der Waals surface area contributed by atoms with E-state index in [0.29, 0.717) is 31.3 Å². The van der Waals surface area contributed by atoms with Gasteiger partial charge in [-0.3, -0.25) is 0 Å². The Kier molecular flexibility index (Phi) is 10.4. The van der Waals surface area contributed by atoms with E-state index in [2.05, 4.69) is 6.92 Å². The van der Waals surface area contributed by atoms with Crippen LogP contribution in [-0.2, 0) is 14.2 Å². The first-order valence-electron chi connectivity index (χ1n) is 8.31. The molecule has 7 heteroatoms. The number of benzene rings is 1. The van der Waals surface area contributed by atoms with Crippen LogP contribution in [0, 0.1) is 0 Å². The minimum absolute atomic E-state index is 0.144. The van der Waals surface area contributed by atoms with Crippen LogP contribution in [0.25, 0.3) is 0 Å². The molecule has 25 heavy (non-hydrogen) atoms. The molecule has 0 aliphatic rings. The molecule has 1 aromatic rings. The highest BCUT2D eigenvalue weighted by atomic mass is 16.6. The Morgan fingerprint density at radius 2 is 1.48 bits per heavy atom. The molecule has 0 N–H and O–H groups in total. The summed E-state index contributed by atoms with van der Waals surface area (Å²) >= 11 is 0.